The van der Waals surface area contributed by atoms with Crippen molar-refractivity contribution in [3.8, 4) is 0 Å². The Morgan fingerprint density at radius 1 is 1.04 bits per heavy atom. The van der Waals surface area contributed by atoms with Gasteiger partial charge in [0.05, 0.1) is 5.54 Å². The molecule has 0 radical (unpaired) electrons. The van der Waals surface area contributed by atoms with Gasteiger partial charge >= 0.3 is 0 Å². The molecule has 0 N–H and O–H groups in total. The molecule has 1 aliphatic heterocycles. The van der Waals surface area contributed by atoms with E-state index in [1.165, 1.54) is 11.1 Å². The van der Waals surface area contributed by atoms with Crippen LogP contribution in [-0.2, 0) is 22.4 Å². The highest BCUT2D eigenvalue weighted by Gasteiger charge is 2.47. The lowest BCUT2D eigenvalue weighted by molar-refractivity contribution is -0.128. The van der Waals surface area contributed by atoms with Gasteiger partial charge in [-0.3, -0.25) is 9.69 Å². The molecule has 3 nitrogen and oxygen atoms in total. The first-order chi connectivity index (χ1) is 11.1. The molecule has 0 atom stereocenters. The molecule has 1 heterocycles. The van der Waals surface area contributed by atoms with Crippen LogP contribution in [0.1, 0.15) is 18.1 Å². The minimum Gasteiger partial charge on any atom is -0.468 e. The summed E-state index contributed by atoms with van der Waals surface area (Å²) in [5, 5.41) is 0.282. The van der Waals surface area contributed by atoms with Crippen LogP contribution in [-0.4, -0.2) is 28.1 Å². The summed E-state index contributed by atoms with van der Waals surface area (Å²) < 4.78 is 5.62. The van der Waals surface area contributed by atoms with Crippen molar-refractivity contribution in [2.45, 2.75) is 25.3 Å². The fourth-order valence-corrected chi connectivity index (χ4v) is 3.64. The number of thiocarbonyl (C=S) groups is 1. The van der Waals surface area contributed by atoms with Gasteiger partial charge in [0.1, 0.15) is 6.61 Å². The number of amides is 1. The third-order valence-electron chi connectivity index (χ3n) is 4.19. The summed E-state index contributed by atoms with van der Waals surface area (Å²) in [4.78, 5) is 13.9. The van der Waals surface area contributed by atoms with Crippen LogP contribution in [0.5, 0.6) is 0 Å². The second-order valence-corrected chi connectivity index (χ2v) is 6.31. The minimum atomic E-state index is -0.467. The molecule has 4 heteroatoms. The van der Waals surface area contributed by atoms with Crippen molar-refractivity contribution in [1.29, 1.82) is 0 Å². The highest BCUT2D eigenvalue weighted by molar-refractivity contribution is 7.80. The highest BCUT2D eigenvalue weighted by Crippen LogP contribution is 2.32. The standard InChI is InChI=1S/C19H19NO2S/c1-15(21)20-18(23)22-14-19(20,12-16-8-4-2-5-9-16)13-17-10-6-3-7-11-17/h2-11H,12-14H2,1H3. The van der Waals surface area contributed by atoms with E-state index in [2.05, 4.69) is 24.3 Å². The highest BCUT2D eigenvalue weighted by atomic mass is 32.1. The summed E-state index contributed by atoms with van der Waals surface area (Å²) in [6.45, 7) is 1.97. The van der Waals surface area contributed by atoms with Crippen molar-refractivity contribution in [3.63, 3.8) is 0 Å². The van der Waals surface area contributed by atoms with Crippen LogP contribution in [0.3, 0.4) is 0 Å². The quantitative estimate of drug-likeness (QED) is 0.807. The molecule has 2 aromatic rings. The molecule has 118 valence electrons. The van der Waals surface area contributed by atoms with Gasteiger partial charge in [-0.25, -0.2) is 0 Å². The molecule has 0 spiro atoms. The summed E-state index contributed by atoms with van der Waals surface area (Å²) in [5.41, 5.74) is 1.87. The van der Waals surface area contributed by atoms with Crippen molar-refractivity contribution in [2.75, 3.05) is 6.61 Å². The Kier molecular flexibility index (Phi) is 4.44. The first kappa shape index (κ1) is 15.7. The van der Waals surface area contributed by atoms with Crippen LogP contribution in [0.25, 0.3) is 0 Å². The predicted molar refractivity (Wildman–Crippen MR) is 94.1 cm³/mol. The first-order valence-corrected chi connectivity index (χ1v) is 8.07. The molecule has 2 aromatic carbocycles. The van der Waals surface area contributed by atoms with E-state index >= 15 is 0 Å². The molecule has 0 aromatic heterocycles. The summed E-state index contributed by atoms with van der Waals surface area (Å²) in [7, 11) is 0. The Bertz CT molecular complexity index is 658. The van der Waals surface area contributed by atoms with Crippen molar-refractivity contribution in [3.05, 3.63) is 71.8 Å². The number of hydrogen-bond donors (Lipinski definition) is 0. The number of ether oxygens (including phenoxy) is 1. The fourth-order valence-electron chi connectivity index (χ4n) is 3.26. The van der Waals surface area contributed by atoms with Crippen LogP contribution < -0.4 is 0 Å². The van der Waals surface area contributed by atoms with E-state index in [1.54, 1.807) is 11.8 Å². The number of hydrogen-bond acceptors (Lipinski definition) is 3. The minimum absolute atomic E-state index is 0.0700. The molecule has 0 saturated carbocycles. The van der Waals surface area contributed by atoms with E-state index in [-0.39, 0.29) is 11.1 Å². The largest absolute Gasteiger partial charge is 0.468 e. The normalized spacial score (nSPS) is 16.2. The molecule has 3 rings (SSSR count). The molecule has 1 amide bonds. The average Bonchev–Trinajstić information content (AvgIpc) is 2.85. The predicted octanol–water partition coefficient (Wildman–Crippen LogP) is 3.37. The van der Waals surface area contributed by atoms with Gasteiger partial charge in [-0.1, -0.05) is 60.7 Å². The van der Waals surface area contributed by atoms with Gasteiger partial charge in [0, 0.05) is 6.92 Å². The van der Waals surface area contributed by atoms with E-state index < -0.39 is 5.54 Å². The smallest absolute Gasteiger partial charge is 0.266 e. The van der Waals surface area contributed by atoms with Crippen molar-refractivity contribution in [2.24, 2.45) is 0 Å². The lowest BCUT2D eigenvalue weighted by Gasteiger charge is -2.35. The van der Waals surface area contributed by atoms with E-state index in [4.69, 9.17) is 17.0 Å². The van der Waals surface area contributed by atoms with Crippen molar-refractivity contribution >= 4 is 23.3 Å². The van der Waals surface area contributed by atoms with E-state index in [9.17, 15) is 4.79 Å². The van der Waals surface area contributed by atoms with Crippen LogP contribution in [0.4, 0.5) is 0 Å². The average molecular weight is 325 g/mol. The Labute approximate surface area is 141 Å². The molecule has 0 bridgehead atoms. The van der Waals surface area contributed by atoms with Crippen LogP contribution in [0.2, 0.25) is 0 Å². The summed E-state index contributed by atoms with van der Waals surface area (Å²) >= 11 is 5.28. The summed E-state index contributed by atoms with van der Waals surface area (Å²) in [6.07, 6.45) is 1.42. The fraction of sp³-hybridized carbons (Fsp3) is 0.263. The molecular formula is C19H19NO2S. The molecule has 23 heavy (non-hydrogen) atoms. The SMILES string of the molecule is CC(=O)N1C(=S)OCC1(Cc1ccccc1)Cc1ccccc1. The van der Waals surface area contributed by atoms with E-state index in [1.807, 2.05) is 36.4 Å². The maximum Gasteiger partial charge on any atom is 0.266 e. The zero-order chi connectivity index (χ0) is 16.3. The topological polar surface area (TPSA) is 29.5 Å². The first-order valence-electron chi connectivity index (χ1n) is 7.66. The number of rotatable bonds is 4. The Morgan fingerprint density at radius 3 is 1.96 bits per heavy atom. The maximum atomic E-state index is 12.2. The van der Waals surface area contributed by atoms with Crippen LogP contribution >= 0.6 is 12.2 Å². The lowest BCUT2D eigenvalue weighted by Crippen LogP contribution is -2.52. The molecule has 0 aliphatic carbocycles. The van der Waals surface area contributed by atoms with Gasteiger partial charge in [0.25, 0.3) is 5.17 Å². The summed E-state index contributed by atoms with van der Waals surface area (Å²) in [6, 6.07) is 20.3. The van der Waals surface area contributed by atoms with Gasteiger partial charge in [-0.2, -0.15) is 0 Å². The van der Waals surface area contributed by atoms with Crippen LogP contribution in [0, 0.1) is 0 Å². The van der Waals surface area contributed by atoms with E-state index in [0.717, 1.165) is 0 Å². The second-order valence-electron chi connectivity index (χ2n) is 5.96. The van der Waals surface area contributed by atoms with Gasteiger partial charge in [0.15, 0.2) is 0 Å². The van der Waals surface area contributed by atoms with Crippen LogP contribution in [0.15, 0.2) is 60.7 Å². The second kappa shape index (κ2) is 6.50. The zero-order valence-electron chi connectivity index (χ0n) is 13.1. The molecule has 0 unspecified atom stereocenters. The number of carbonyl (C=O) groups is 1. The number of nitrogens with zero attached hydrogens (tertiary/aromatic N) is 1. The molecule has 1 saturated heterocycles. The van der Waals surface area contributed by atoms with Crippen molar-refractivity contribution < 1.29 is 9.53 Å². The van der Waals surface area contributed by atoms with Gasteiger partial charge in [-0.15, -0.1) is 0 Å². The monoisotopic (exact) mass is 325 g/mol. The summed E-state index contributed by atoms with van der Waals surface area (Å²) in [5.74, 6) is -0.0700. The lowest BCUT2D eigenvalue weighted by atomic mass is 9.84. The number of carbonyl (C=O) groups excluding carboxylic acids is 1. The maximum absolute atomic E-state index is 12.2. The Balaban J connectivity index is 1.99. The van der Waals surface area contributed by atoms with E-state index in [0.29, 0.717) is 19.4 Å². The third-order valence-corrected chi connectivity index (χ3v) is 4.49. The Morgan fingerprint density at radius 2 is 1.52 bits per heavy atom. The van der Waals surface area contributed by atoms with Gasteiger partial charge in [0.2, 0.25) is 5.91 Å². The molecule has 1 fully saturated rings. The van der Waals surface area contributed by atoms with Gasteiger partial charge in [-0.05, 0) is 36.2 Å². The van der Waals surface area contributed by atoms with Gasteiger partial charge < -0.3 is 4.74 Å². The molecular weight excluding hydrogens is 306 g/mol. The van der Waals surface area contributed by atoms with Crippen molar-refractivity contribution in [1.82, 2.24) is 4.90 Å². The zero-order valence-corrected chi connectivity index (χ0v) is 13.9. The third kappa shape index (κ3) is 3.27. The molecule has 1 aliphatic rings. The Hall–Kier alpha value is -2.20. The number of benzene rings is 2.